The summed E-state index contributed by atoms with van der Waals surface area (Å²) in [7, 11) is 0. The van der Waals surface area contributed by atoms with E-state index in [9.17, 15) is 0 Å². The molecule has 1 aromatic heterocycles. The third-order valence-electron chi connectivity index (χ3n) is 2.37. The lowest BCUT2D eigenvalue weighted by molar-refractivity contribution is 0.584. The Hall–Kier alpha value is -0.0500. The fourth-order valence-corrected chi connectivity index (χ4v) is 2.15. The summed E-state index contributed by atoms with van der Waals surface area (Å²) < 4.78 is 0. The van der Waals surface area contributed by atoms with E-state index in [1.54, 1.807) is 11.3 Å². The Bertz CT molecular complexity index is 211. The van der Waals surface area contributed by atoms with Crippen molar-refractivity contribution >= 4 is 23.7 Å². The molecule has 0 unspecified atom stereocenters. The molecule has 0 saturated heterocycles. The Balaban J connectivity index is 0.00000196. The van der Waals surface area contributed by atoms with Gasteiger partial charge >= 0.3 is 0 Å². The minimum atomic E-state index is 0. The maximum absolute atomic E-state index is 3.47. The van der Waals surface area contributed by atoms with Gasteiger partial charge in [0.25, 0.3) is 0 Å². The van der Waals surface area contributed by atoms with Gasteiger partial charge in [0.1, 0.15) is 0 Å². The van der Waals surface area contributed by atoms with Gasteiger partial charge in [0, 0.05) is 6.54 Å². The molecular weight excluding hydrogens is 226 g/mol. The number of hydrogen-bond acceptors (Lipinski definition) is 2. The van der Waals surface area contributed by atoms with Gasteiger partial charge in [-0.1, -0.05) is 32.6 Å². The maximum atomic E-state index is 3.47. The van der Waals surface area contributed by atoms with E-state index in [0.29, 0.717) is 0 Å². The van der Waals surface area contributed by atoms with Crippen molar-refractivity contribution in [2.24, 2.45) is 0 Å². The first kappa shape index (κ1) is 14.9. The maximum Gasteiger partial charge on any atom is 0.0213 e. The highest BCUT2D eigenvalue weighted by molar-refractivity contribution is 7.07. The number of halogens is 1. The van der Waals surface area contributed by atoms with Gasteiger partial charge in [0.05, 0.1) is 0 Å². The van der Waals surface area contributed by atoms with Gasteiger partial charge in [-0.25, -0.2) is 0 Å². The molecule has 0 aliphatic carbocycles. The SMILES string of the molecule is CCCCCCCNCc1ccsc1.Cl. The van der Waals surface area contributed by atoms with Gasteiger partial charge < -0.3 is 5.32 Å². The van der Waals surface area contributed by atoms with Crippen LogP contribution in [0.4, 0.5) is 0 Å². The first-order valence-corrected chi connectivity index (χ1v) is 6.59. The highest BCUT2D eigenvalue weighted by atomic mass is 35.5. The van der Waals surface area contributed by atoms with Crippen molar-refractivity contribution in [3.05, 3.63) is 22.4 Å². The Kier molecular flexibility index (Phi) is 10.4. The van der Waals surface area contributed by atoms with Gasteiger partial charge in [-0.3, -0.25) is 0 Å². The van der Waals surface area contributed by atoms with E-state index in [4.69, 9.17) is 0 Å². The zero-order chi connectivity index (χ0) is 10.1. The minimum Gasteiger partial charge on any atom is -0.313 e. The van der Waals surface area contributed by atoms with Crippen LogP contribution in [0.3, 0.4) is 0 Å². The molecule has 0 atom stereocenters. The standard InChI is InChI=1S/C12H21NS.ClH/c1-2-3-4-5-6-8-13-10-12-7-9-14-11-12;/h7,9,11,13H,2-6,8,10H2,1H3;1H. The summed E-state index contributed by atoms with van der Waals surface area (Å²) in [6.07, 6.45) is 6.83. The fraction of sp³-hybridized carbons (Fsp3) is 0.667. The quantitative estimate of drug-likeness (QED) is 0.678. The molecule has 88 valence electrons. The second-order valence-corrected chi connectivity index (χ2v) is 4.50. The Labute approximate surface area is 104 Å². The average molecular weight is 248 g/mol. The summed E-state index contributed by atoms with van der Waals surface area (Å²) in [5.74, 6) is 0. The van der Waals surface area contributed by atoms with E-state index in [1.165, 1.54) is 44.2 Å². The van der Waals surface area contributed by atoms with E-state index in [-0.39, 0.29) is 12.4 Å². The highest BCUT2D eigenvalue weighted by Crippen LogP contribution is 2.05. The molecule has 0 aromatic carbocycles. The van der Waals surface area contributed by atoms with Gasteiger partial charge in [-0.15, -0.1) is 12.4 Å². The predicted molar refractivity (Wildman–Crippen MR) is 72.0 cm³/mol. The number of unbranched alkanes of at least 4 members (excludes halogenated alkanes) is 4. The normalized spacial score (nSPS) is 9.93. The van der Waals surface area contributed by atoms with Crippen LogP contribution in [0, 0.1) is 0 Å². The molecule has 0 amide bonds. The number of rotatable bonds is 8. The molecule has 0 spiro atoms. The molecule has 15 heavy (non-hydrogen) atoms. The van der Waals surface area contributed by atoms with Crippen LogP contribution in [0.15, 0.2) is 16.8 Å². The largest absolute Gasteiger partial charge is 0.313 e. The average Bonchev–Trinajstić information content (AvgIpc) is 2.69. The molecule has 1 heterocycles. The number of hydrogen-bond donors (Lipinski definition) is 1. The molecule has 0 aliphatic heterocycles. The van der Waals surface area contributed by atoms with Gasteiger partial charge in [-0.05, 0) is 35.4 Å². The van der Waals surface area contributed by atoms with Crippen molar-refractivity contribution < 1.29 is 0 Å². The van der Waals surface area contributed by atoms with Crippen molar-refractivity contribution in [3.8, 4) is 0 Å². The van der Waals surface area contributed by atoms with Crippen LogP contribution in [0.2, 0.25) is 0 Å². The zero-order valence-electron chi connectivity index (χ0n) is 9.50. The van der Waals surface area contributed by atoms with E-state index in [1.807, 2.05) is 0 Å². The van der Waals surface area contributed by atoms with Crippen molar-refractivity contribution in [1.82, 2.24) is 5.32 Å². The molecule has 3 heteroatoms. The molecule has 1 N–H and O–H groups in total. The number of nitrogens with one attached hydrogen (secondary N) is 1. The lowest BCUT2D eigenvalue weighted by atomic mass is 10.1. The van der Waals surface area contributed by atoms with Crippen LogP contribution >= 0.6 is 23.7 Å². The Morgan fingerprint density at radius 1 is 1.20 bits per heavy atom. The smallest absolute Gasteiger partial charge is 0.0213 e. The third-order valence-corrected chi connectivity index (χ3v) is 3.10. The molecule has 0 bridgehead atoms. The second kappa shape index (κ2) is 10.5. The molecule has 0 saturated carbocycles. The molecule has 0 fully saturated rings. The summed E-state index contributed by atoms with van der Waals surface area (Å²) in [5.41, 5.74) is 1.42. The van der Waals surface area contributed by atoms with Gasteiger partial charge in [0.15, 0.2) is 0 Å². The van der Waals surface area contributed by atoms with Crippen molar-refractivity contribution in [3.63, 3.8) is 0 Å². The Morgan fingerprint density at radius 3 is 2.67 bits per heavy atom. The van der Waals surface area contributed by atoms with Crippen molar-refractivity contribution in [1.29, 1.82) is 0 Å². The van der Waals surface area contributed by atoms with E-state index in [2.05, 4.69) is 29.1 Å². The summed E-state index contributed by atoms with van der Waals surface area (Å²) in [6.45, 7) is 4.46. The predicted octanol–water partition coefficient (Wildman–Crippen LogP) is 4.23. The topological polar surface area (TPSA) is 12.0 Å². The number of thiophene rings is 1. The first-order chi connectivity index (χ1) is 6.93. The van der Waals surface area contributed by atoms with Gasteiger partial charge in [0.2, 0.25) is 0 Å². The van der Waals surface area contributed by atoms with Gasteiger partial charge in [-0.2, -0.15) is 11.3 Å². The van der Waals surface area contributed by atoms with E-state index in [0.717, 1.165) is 6.54 Å². The fourth-order valence-electron chi connectivity index (χ4n) is 1.48. The lowest BCUT2D eigenvalue weighted by Crippen LogP contribution is -2.13. The van der Waals surface area contributed by atoms with E-state index >= 15 is 0 Å². The molecule has 0 aliphatic rings. The molecule has 1 nitrogen and oxygen atoms in total. The monoisotopic (exact) mass is 247 g/mol. The van der Waals surface area contributed by atoms with Crippen LogP contribution in [-0.2, 0) is 6.54 Å². The molecule has 0 radical (unpaired) electrons. The second-order valence-electron chi connectivity index (χ2n) is 3.72. The summed E-state index contributed by atoms with van der Waals surface area (Å²) >= 11 is 1.77. The van der Waals surface area contributed by atoms with Crippen LogP contribution < -0.4 is 5.32 Å². The molecular formula is C12H22ClNS. The van der Waals surface area contributed by atoms with Crippen LogP contribution in [-0.4, -0.2) is 6.54 Å². The third kappa shape index (κ3) is 7.83. The molecule has 1 aromatic rings. The summed E-state index contributed by atoms with van der Waals surface area (Å²) in [5, 5.41) is 7.82. The minimum absolute atomic E-state index is 0. The highest BCUT2D eigenvalue weighted by Gasteiger charge is 1.92. The van der Waals surface area contributed by atoms with Crippen molar-refractivity contribution in [2.75, 3.05) is 6.54 Å². The summed E-state index contributed by atoms with van der Waals surface area (Å²) in [6, 6.07) is 2.19. The van der Waals surface area contributed by atoms with E-state index < -0.39 is 0 Å². The lowest BCUT2D eigenvalue weighted by Gasteiger charge is -2.02. The van der Waals surface area contributed by atoms with Crippen LogP contribution in [0.1, 0.15) is 44.6 Å². The molecule has 1 rings (SSSR count). The zero-order valence-corrected chi connectivity index (χ0v) is 11.1. The Morgan fingerprint density at radius 2 is 2.00 bits per heavy atom. The van der Waals surface area contributed by atoms with Crippen molar-refractivity contribution in [2.45, 2.75) is 45.6 Å². The first-order valence-electron chi connectivity index (χ1n) is 5.65. The summed E-state index contributed by atoms with van der Waals surface area (Å²) in [4.78, 5) is 0. The van der Waals surface area contributed by atoms with Crippen LogP contribution in [0.25, 0.3) is 0 Å². The van der Waals surface area contributed by atoms with Crippen LogP contribution in [0.5, 0.6) is 0 Å².